The lowest BCUT2D eigenvalue weighted by Crippen LogP contribution is -2.35. The van der Waals surface area contributed by atoms with Crippen LogP contribution in [0.1, 0.15) is 6.92 Å². The number of carbonyl (C=O) groups is 2. The molecule has 1 aliphatic rings. The zero-order chi connectivity index (χ0) is 19.6. The minimum Gasteiger partial charge on any atom is -0.480 e. The third kappa shape index (κ3) is 3.95. The van der Waals surface area contributed by atoms with Crippen molar-refractivity contribution in [2.75, 3.05) is 23.0 Å². The summed E-state index contributed by atoms with van der Waals surface area (Å²) < 4.78 is 37.2. The number of carbonyl (C=O) groups excluding carboxylic acids is 1. The molecule has 0 aromatic heterocycles. The maximum atomic E-state index is 13.0. The van der Waals surface area contributed by atoms with Crippen LogP contribution in [0.4, 0.5) is 11.4 Å². The Morgan fingerprint density at radius 3 is 2.41 bits per heavy atom. The van der Waals surface area contributed by atoms with Crippen molar-refractivity contribution >= 4 is 33.3 Å². The number of carboxylic acids is 1. The summed E-state index contributed by atoms with van der Waals surface area (Å²) in [6.45, 7) is 0.573. The van der Waals surface area contributed by atoms with Crippen molar-refractivity contribution in [2.45, 2.75) is 11.8 Å². The molecule has 9 nitrogen and oxygen atoms in total. The summed E-state index contributed by atoms with van der Waals surface area (Å²) in [6, 6.07) is 9.81. The van der Waals surface area contributed by atoms with Gasteiger partial charge < -0.3 is 19.9 Å². The number of rotatable bonds is 6. The fourth-order valence-corrected chi connectivity index (χ4v) is 3.92. The predicted octanol–water partition coefficient (Wildman–Crippen LogP) is 1.65. The number of sulfonamides is 1. The van der Waals surface area contributed by atoms with Crippen molar-refractivity contribution in [3.8, 4) is 11.5 Å². The zero-order valence-electron chi connectivity index (χ0n) is 14.2. The second kappa shape index (κ2) is 7.16. The van der Waals surface area contributed by atoms with E-state index in [1.807, 2.05) is 0 Å². The van der Waals surface area contributed by atoms with Gasteiger partial charge in [0, 0.05) is 18.7 Å². The Hall–Kier alpha value is -3.27. The molecule has 1 amide bonds. The first kappa shape index (κ1) is 18.5. The van der Waals surface area contributed by atoms with Crippen LogP contribution >= 0.6 is 0 Å². The molecule has 142 valence electrons. The third-order valence-corrected chi connectivity index (χ3v) is 5.47. The highest BCUT2D eigenvalue weighted by molar-refractivity contribution is 7.92. The zero-order valence-corrected chi connectivity index (χ0v) is 15.0. The Morgan fingerprint density at radius 1 is 1.11 bits per heavy atom. The summed E-state index contributed by atoms with van der Waals surface area (Å²) in [5.41, 5.74) is 0.557. The lowest BCUT2D eigenvalue weighted by Gasteiger charge is -2.23. The normalized spacial score (nSPS) is 12.5. The van der Waals surface area contributed by atoms with E-state index in [4.69, 9.17) is 9.47 Å². The molecule has 0 saturated carbocycles. The minimum atomic E-state index is -4.17. The van der Waals surface area contributed by atoms with Crippen LogP contribution in [0.2, 0.25) is 0 Å². The van der Waals surface area contributed by atoms with Gasteiger partial charge in [-0.25, -0.2) is 8.42 Å². The van der Waals surface area contributed by atoms with Gasteiger partial charge in [0.2, 0.25) is 12.7 Å². The SMILES string of the molecule is CC(=O)Nc1ccc(S(=O)(=O)N(CC(=O)O)c2ccc3c(c2)OCO3)cc1. The summed E-state index contributed by atoms with van der Waals surface area (Å²) >= 11 is 0. The maximum absolute atomic E-state index is 13.0. The molecule has 2 aromatic rings. The molecule has 0 bridgehead atoms. The number of amides is 1. The van der Waals surface area contributed by atoms with Crippen LogP contribution in [0.25, 0.3) is 0 Å². The van der Waals surface area contributed by atoms with Crippen molar-refractivity contribution in [2.24, 2.45) is 0 Å². The number of nitrogens with zero attached hydrogens (tertiary/aromatic N) is 1. The summed E-state index contributed by atoms with van der Waals surface area (Å²) in [5, 5.41) is 11.7. The van der Waals surface area contributed by atoms with E-state index < -0.39 is 22.5 Å². The fraction of sp³-hybridized carbons (Fsp3) is 0.176. The topological polar surface area (TPSA) is 122 Å². The molecule has 0 spiro atoms. The number of hydrogen-bond acceptors (Lipinski definition) is 6. The van der Waals surface area contributed by atoms with Crippen LogP contribution in [0.5, 0.6) is 11.5 Å². The molecular formula is C17H16N2O7S. The molecule has 27 heavy (non-hydrogen) atoms. The van der Waals surface area contributed by atoms with Crippen LogP contribution < -0.4 is 19.1 Å². The highest BCUT2D eigenvalue weighted by Crippen LogP contribution is 2.37. The molecule has 1 aliphatic heterocycles. The van der Waals surface area contributed by atoms with E-state index in [1.54, 1.807) is 0 Å². The third-order valence-electron chi connectivity index (χ3n) is 3.69. The van der Waals surface area contributed by atoms with Crippen LogP contribution in [0.15, 0.2) is 47.4 Å². The summed E-state index contributed by atoms with van der Waals surface area (Å²) in [5.74, 6) is -0.824. The van der Waals surface area contributed by atoms with Gasteiger partial charge in [-0.05, 0) is 36.4 Å². The average molecular weight is 392 g/mol. The van der Waals surface area contributed by atoms with Crippen molar-refractivity contribution in [1.29, 1.82) is 0 Å². The molecule has 10 heteroatoms. The Labute approximate surface area is 155 Å². The van der Waals surface area contributed by atoms with Crippen molar-refractivity contribution in [3.05, 3.63) is 42.5 Å². The second-order valence-electron chi connectivity index (χ2n) is 5.65. The monoisotopic (exact) mass is 392 g/mol. The van der Waals surface area contributed by atoms with Gasteiger partial charge in [0.1, 0.15) is 6.54 Å². The summed E-state index contributed by atoms with van der Waals surface area (Å²) in [4.78, 5) is 22.2. The minimum absolute atomic E-state index is 0.00901. The quantitative estimate of drug-likeness (QED) is 0.766. The van der Waals surface area contributed by atoms with E-state index in [9.17, 15) is 23.1 Å². The van der Waals surface area contributed by atoms with E-state index in [2.05, 4.69) is 5.32 Å². The van der Waals surface area contributed by atoms with Crippen LogP contribution in [-0.4, -0.2) is 38.7 Å². The molecule has 2 N–H and O–H groups in total. The lowest BCUT2D eigenvalue weighted by molar-refractivity contribution is -0.135. The first-order chi connectivity index (χ1) is 12.8. The smallest absolute Gasteiger partial charge is 0.324 e. The van der Waals surface area contributed by atoms with Gasteiger partial charge in [0.15, 0.2) is 11.5 Å². The molecule has 0 unspecified atom stereocenters. The summed E-state index contributed by atoms with van der Waals surface area (Å²) in [7, 11) is -4.17. The van der Waals surface area contributed by atoms with Crippen LogP contribution in [0, 0.1) is 0 Å². The van der Waals surface area contributed by atoms with E-state index in [0.717, 1.165) is 4.31 Å². The highest BCUT2D eigenvalue weighted by Gasteiger charge is 2.28. The largest absolute Gasteiger partial charge is 0.480 e. The second-order valence-corrected chi connectivity index (χ2v) is 7.51. The van der Waals surface area contributed by atoms with Gasteiger partial charge in [0.05, 0.1) is 10.6 Å². The number of carboxylic acid groups (broad SMARTS) is 1. The fourth-order valence-electron chi connectivity index (χ4n) is 2.52. The molecule has 0 fully saturated rings. The Bertz CT molecular complexity index is 987. The number of benzene rings is 2. The van der Waals surface area contributed by atoms with Crippen molar-refractivity contribution in [3.63, 3.8) is 0 Å². The van der Waals surface area contributed by atoms with E-state index >= 15 is 0 Å². The molecule has 1 heterocycles. The van der Waals surface area contributed by atoms with Gasteiger partial charge in [-0.15, -0.1) is 0 Å². The molecule has 0 aliphatic carbocycles. The number of aliphatic carboxylic acids is 1. The van der Waals surface area contributed by atoms with E-state index in [0.29, 0.717) is 17.2 Å². The van der Waals surface area contributed by atoms with Crippen molar-refractivity contribution < 1.29 is 32.6 Å². The van der Waals surface area contributed by atoms with Gasteiger partial charge in [-0.2, -0.15) is 0 Å². The number of nitrogens with one attached hydrogen (secondary N) is 1. The molecular weight excluding hydrogens is 376 g/mol. The first-order valence-electron chi connectivity index (χ1n) is 7.79. The molecule has 2 aromatic carbocycles. The lowest BCUT2D eigenvalue weighted by atomic mass is 10.3. The highest BCUT2D eigenvalue weighted by atomic mass is 32.2. The van der Waals surface area contributed by atoms with Gasteiger partial charge in [-0.1, -0.05) is 0 Å². The average Bonchev–Trinajstić information content (AvgIpc) is 3.07. The predicted molar refractivity (Wildman–Crippen MR) is 95.5 cm³/mol. The van der Waals surface area contributed by atoms with Crippen LogP contribution in [-0.2, 0) is 19.6 Å². The number of ether oxygens (including phenoxy) is 2. The Balaban J connectivity index is 1.98. The van der Waals surface area contributed by atoms with E-state index in [-0.39, 0.29) is 23.3 Å². The maximum Gasteiger partial charge on any atom is 0.324 e. The Kier molecular flexibility index (Phi) is 4.91. The van der Waals surface area contributed by atoms with Crippen molar-refractivity contribution in [1.82, 2.24) is 0 Å². The number of anilines is 2. The summed E-state index contributed by atoms with van der Waals surface area (Å²) in [6.07, 6.45) is 0. The van der Waals surface area contributed by atoms with Gasteiger partial charge in [-0.3, -0.25) is 13.9 Å². The molecule has 3 rings (SSSR count). The molecule has 0 atom stereocenters. The number of hydrogen-bond donors (Lipinski definition) is 2. The first-order valence-corrected chi connectivity index (χ1v) is 9.23. The van der Waals surface area contributed by atoms with E-state index in [1.165, 1.54) is 49.4 Å². The van der Waals surface area contributed by atoms with Gasteiger partial charge in [0.25, 0.3) is 10.0 Å². The molecule has 0 radical (unpaired) electrons. The van der Waals surface area contributed by atoms with Crippen LogP contribution in [0.3, 0.4) is 0 Å². The Morgan fingerprint density at radius 2 is 1.78 bits per heavy atom. The molecule has 0 saturated heterocycles. The van der Waals surface area contributed by atoms with Gasteiger partial charge >= 0.3 is 5.97 Å². The number of fused-ring (bicyclic) bond motifs is 1. The standard InChI is InChI=1S/C17H16N2O7S/c1-11(20)18-12-2-5-14(6-3-12)27(23,24)19(9-17(21)22)13-4-7-15-16(8-13)26-10-25-15/h2-8H,9-10H2,1H3,(H,18,20)(H,21,22).